The number of aromatic nitrogens is 3. The molecule has 2 aromatic heterocycles. The maximum atomic E-state index is 13.6. The van der Waals surface area contributed by atoms with Crippen molar-refractivity contribution in [3.63, 3.8) is 0 Å². The zero-order valence-corrected chi connectivity index (χ0v) is 18.3. The van der Waals surface area contributed by atoms with Crippen LogP contribution in [0.5, 0.6) is 0 Å². The third-order valence-corrected chi connectivity index (χ3v) is 6.14. The molecule has 6 nitrogen and oxygen atoms in total. The summed E-state index contributed by atoms with van der Waals surface area (Å²) in [5, 5.41) is 8.78. The van der Waals surface area contributed by atoms with Crippen molar-refractivity contribution >= 4 is 17.2 Å². The highest BCUT2D eigenvalue weighted by atomic mass is 16.2. The minimum absolute atomic E-state index is 0.0902. The van der Waals surface area contributed by atoms with Crippen LogP contribution in [0.3, 0.4) is 0 Å². The zero-order valence-electron chi connectivity index (χ0n) is 18.3. The van der Waals surface area contributed by atoms with Crippen LogP contribution in [0, 0.1) is 6.92 Å². The van der Waals surface area contributed by atoms with Gasteiger partial charge >= 0.3 is 0 Å². The molecule has 1 atom stereocenters. The largest absolute Gasteiger partial charge is 0.307 e. The van der Waals surface area contributed by atoms with Crippen LogP contribution in [0.25, 0.3) is 5.65 Å². The fraction of sp³-hybridized carbons (Fsp3) is 0.269. The number of carbonyl (C=O) groups is 1. The molecule has 162 valence electrons. The van der Waals surface area contributed by atoms with Gasteiger partial charge in [-0.1, -0.05) is 48.5 Å². The smallest absolute Gasteiger partial charge is 0.241 e. The highest BCUT2D eigenvalue weighted by Gasteiger charge is 2.32. The van der Waals surface area contributed by atoms with E-state index in [9.17, 15) is 4.79 Å². The standard InChI is InChI=1S/C26H27N5O/c1-20-9-7-12-22(17-20)31(18-21-10-3-2-4-11-21)25(32)19-29-15-8-13-23(29)26-28-27-24-14-5-6-16-30(24)26/h2-7,9-12,14,16-17,23H,8,13,15,18-19H2,1H3/t23-/m0/s1. The molecular formula is C26H27N5O. The fourth-order valence-electron chi connectivity index (χ4n) is 4.54. The second-order valence-corrected chi connectivity index (χ2v) is 8.42. The molecular weight excluding hydrogens is 398 g/mol. The van der Waals surface area contributed by atoms with Crippen molar-refractivity contribution in [2.75, 3.05) is 18.0 Å². The highest BCUT2D eigenvalue weighted by Crippen LogP contribution is 2.31. The van der Waals surface area contributed by atoms with Crippen molar-refractivity contribution in [1.82, 2.24) is 19.5 Å². The van der Waals surface area contributed by atoms with Gasteiger partial charge in [0.1, 0.15) is 0 Å². The van der Waals surface area contributed by atoms with E-state index in [1.54, 1.807) is 0 Å². The second-order valence-electron chi connectivity index (χ2n) is 8.42. The number of rotatable bonds is 6. The molecule has 6 heteroatoms. The summed E-state index contributed by atoms with van der Waals surface area (Å²) in [5.41, 5.74) is 4.03. The summed E-state index contributed by atoms with van der Waals surface area (Å²) in [6, 6.07) is 24.3. The number of hydrogen-bond donors (Lipinski definition) is 0. The third kappa shape index (κ3) is 4.14. The summed E-state index contributed by atoms with van der Waals surface area (Å²) >= 11 is 0. The van der Waals surface area contributed by atoms with Crippen molar-refractivity contribution in [1.29, 1.82) is 0 Å². The molecule has 0 unspecified atom stereocenters. The number of aryl methyl sites for hydroxylation is 1. The molecule has 0 saturated carbocycles. The Morgan fingerprint density at radius 1 is 1.03 bits per heavy atom. The predicted molar refractivity (Wildman–Crippen MR) is 125 cm³/mol. The second kappa shape index (κ2) is 8.93. The first kappa shape index (κ1) is 20.4. The number of pyridine rings is 1. The molecule has 0 bridgehead atoms. The van der Waals surface area contributed by atoms with E-state index in [2.05, 4.69) is 46.3 Å². The lowest BCUT2D eigenvalue weighted by atomic mass is 10.1. The Bertz CT molecular complexity index is 1220. The van der Waals surface area contributed by atoms with E-state index in [1.807, 2.05) is 64.0 Å². The summed E-state index contributed by atoms with van der Waals surface area (Å²) in [6.45, 7) is 3.84. The molecule has 1 amide bonds. The maximum Gasteiger partial charge on any atom is 0.241 e. The van der Waals surface area contributed by atoms with Gasteiger partial charge in [-0.3, -0.25) is 14.1 Å². The van der Waals surface area contributed by atoms with E-state index in [0.717, 1.165) is 47.7 Å². The average Bonchev–Trinajstić information content (AvgIpc) is 3.44. The normalized spacial score (nSPS) is 16.5. The van der Waals surface area contributed by atoms with Gasteiger partial charge in [0.2, 0.25) is 5.91 Å². The first-order valence-corrected chi connectivity index (χ1v) is 11.1. The Labute approximate surface area is 188 Å². The summed E-state index contributed by atoms with van der Waals surface area (Å²) < 4.78 is 2.04. The molecule has 1 aliphatic heterocycles. The number of amides is 1. The van der Waals surface area contributed by atoms with Gasteiger partial charge in [-0.15, -0.1) is 10.2 Å². The van der Waals surface area contributed by atoms with Crippen LogP contribution in [0.15, 0.2) is 79.0 Å². The number of benzene rings is 2. The van der Waals surface area contributed by atoms with Gasteiger partial charge in [-0.2, -0.15) is 0 Å². The van der Waals surface area contributed by atoms with Gasteiger partial charge in [0.05, 0.1) is 19.1 Å². The number of anilines is 1. The van der Waals surface area contributed by atoms with Crippen molar-refractivity contribution < 1.29 is 4.79 Å². The van der Waals surface area contributed by atoms with Crippen molar-refractivity contribution in [2.45, 2.75) is 32.4 Å². The van der Waals surface area contributed by atoms with Gasteiger partial charge in [-0.05, 0) is 61.7 Å². The summed E-state index contributed by atoms with van der Waals surface area (Å²) in [6.07, 6.45) is 4.02. The Hall–Kier alpha value is -3.51. The molecule has 4 aromatic rings. The van der Waals surface area contributed by atoms with Gasteiger partial charge in [0.25, 0.3) is 0 Å². The van der Waals surface area contributed by atoms with Crippen LogP contribution in [0.2, 0.25) is 0 Å². The van der Waals surface area contributed by atoms with Gasteiger partial charge in [0, 0.05) is 11.9 Å². The number of hydrogen-bond acceptors (Lipinski definition) is 4. The highest BCUT2D eigenvalue weighted by molar-refractivity contribution is 5.94. The fourth-order valence-corrected chi connectivity index (χ4v) is 4.54. The Kier molecular flexibility index (Phi) is 5.69. The minimum atomic E-state index is 0.0902. The van der Waals surface area contributed by atoms with Gasteiger partial charge in [0.15, 0.2) is 11.5 Å². The average molecular weight is 426 g/mol. The summed E-state index contributed by atoms with van der Waals surface area (Å²) in [4.78, 5) is 17.8. The molecule has 5 rings (SSSR count). The lowest BCUT2D eigenvalue weighted by Crippen LogP contribution is -2.40. The summed E-state index contributed by atoms with van der Waals surface area (Å²) in [7, 11) is 0. The first-order valence-electron chi connectivity index (χ1n) is 11.1. The van der Waals surface area contributed by atoms with Gasteiger partial charge < -0.3 is 4.90 Å². The number of fused-ring (bicyclic) bond motifs is 1. The predicted octanol–water partition coefficient (Wildman–Crippen LogP) is 4.41. The quantitative estimate of drug-likeness (QED) is 0.459. The van der Waals surface area contributed by atoms with E-state index < -0.39 is 0 Å². The van der Waals surface area contributed by atoms with E-state index in [0.29, 0.717) is 13.1 Å². The lowest BCUT2D eigenvalue weighted by molar-refractivity contribution is -0.120. The van der Waals surface area contributed by atoms with Crippen molar-refractivity contribution in [2.24, 2.45) is 0 Å². The molecule has 0 spiro atoms. The summed E-state index contributed by atoms with van der Waals surface area (Å²) in [5.74, 6) is 1.01. The number of likely N-dealkylation sites (tertiary alicyclic amines) is 1. The molecule has 2 aromatic carbocycles. The number of nitrogens with zero attached hydrogens (tertiary/aromatic N) is 5. The molecule has 32 heavy (non-hydrogen) atoms. The molecule has 1 saturated heterocycles. The van der Waals surface area contributed by atoms with E-state index in [-0.39, 0.29) is 11.9 Å². The maximum absolute atomic E-state index is 13.6. The molecule has 1 aliphatic rings. The monoisotopic (exact) mass is 425 g/mol. The number of carbonyl (C=O) groups excluding carboxylic acids is 1. The lowest BCUT2D eigenvalue weighted by Gasteiger charge is -2.28. The molecule has 1 fully saturated rings. The topological polar surface area (TPSA) is 53.7 Å². The van der Waals surface area contributed by atoms with Gasteiger partial charge in [-0.25, -0.2) is 0 Å². The minimum Gasteiger partial charge on any atom is -0.307 e. The molecule has 0 radical (unpaired) electrons. The molecule has 0 aliphatic carbocycles. The zero-order chi connectivity index (χ0) is 21.9. The SMILES string of the molecule is Cc1cccc(N(Cc2ccccc2)C(=O)CN2CCC[C@H]2c2nnc3ccccn23)c1. The third-order valence-electron chi connectivity index (χ3n) is 6.14. The Morgan fingerprint density at radius 3 is 2.72 bits per heavy atom. The van der Waals surface area contributed by atoms with Crippen LogP contribution < -0.4 is 4.90 Å². The molecule has 3 heterocycles. The Morgan fingerprint density at radius 2 is 1.88 bits per heavy atom. The molecule has 0 N–H and O–H groups in total. The van der Waals surface area contributed by atoms with Crippen molar-refractivity contribution in [3.8, 4) is 0 Å². The van der Waals surface area contributed by atoms with E-state index in [4.69, 9.17) is 0 Å². The van der Waals surface area contributed by atoms with Crippen molar-refractivity contribution in [3.05, 3.63) is 95.9 Å². The Balaban J connectivity index is 1.41. The van der Waals surface area contributed by atoms with E-state index in [1.165, 1.54) is 0 Å². The first-order chi connectivity index (χ1) is 15.7. The van der Waals surface area contributed by atoms with Crippen LogP contribution in [0.4, 0.5) is 5.69 Å². The van der Waals surface area contributed by atoms with Crippen LogP contribution in [-0.2, 0) is 11.3 Å². The van der Waals surface area contributed by atoms with E-state index >= 15 is 0 Å². The van der Waals surface area contributed by atoms with Crippen LogP contribution >= 0.6 is 0 Å². The van der Waals surface area contributed by atoms with Crippen LogP contribution in [0.1, 0.15) is 35.8 Å². The van der Waals surface area contributed by atoms with Crippen LogP contribution in [-0.4, -0.2) is 38.5 Å².